The number of benzene rings is 2. The minimum atomic E-state index is -0.179. The van der Waals surface area contributed by atoms with Gasteiger partial charge in [0.25, 0.3) is 5.91 Å². The summed E-state index contributed by atoms with van der Waals surface area (Å²) in [7, 11) is 3.39. The van der Waals surface area contributed by atoms with E-state index in [1.807, 2.05) is 54.6 Å². The molecule has 0 unspecified atom stereocenters. The van der Waals surface area contributed by atoms with E-state index in [4.69, 9.17) is 4.74 Å². The molecule has 6 heteroatoms. The molecule has 0 aliphatic heterocycles. The summed E-state index contributed by atoms with van der Waals surface area (Å²) in [5, 5.41) is 3.24. The first kappa shape index (κ1) is 18.4. The Morgan fingerprint density at radius 3 is 2.52 bits per heavy atom. The van der Waals surface area contributed by atoms with Crippen molar-refractivity contribution in [3.05, 3.63) is 78.2 Å². The number of carbonyl (C=O) groups excluding carboxylic acids is 1. The molecular formula is C21H22N4O2. The Labute approximate surface area is 158 Å². The Morgan fingerprint density at radius 1 is 1.07 bits per heavy atom. The van der Waals surface area contributed by atoms with E-state index in [1.165, 1.54) is 11.9 Å². The fraction of sp³-hybridized carbons (Fsp3) is 0.190. The lowest BCUT2D eigenvalue weighted by Gasteiger charge is -2.17. The first-order valence-electron chi connectivity index (χ1n) is 8.69. The third-order valence-electron chi connectivity index (χ3n) is 4.21. The molecule has 0 saturated heterocycles. The third kappa shape index (κ3) is 4.82. The highest BCUT2D eigenvalue weighted by molar-refractivity contribution is 6.04. The van der Waals surface area contributed by atoms with Crippen molar-refractivity contribution < 1.29 is 9.53 Å². The minimum absolute atomic E-state index is 0.179. The van der Waals surface area contributed by atoms with Crippen LogP contribution in [0.1, 0.15) is 16.1 Å². The molecule has 0 spiro atoms. The van der Waals surface area contributed by atoms with Crippen LogP contribution in [0.4, 0.5) is 11.5 Å². The van der Waals surface area contributed by atoms with Gasteiger partial charge in [0.1, 0.15) is 23.6 Å². The summed E-state index contributed by atoms with van der Waals surface area (Å²) in [6.07, 6.45) is 2.24. The molecule has 27 heavy (non-hydrogen) atoms. The molecule has 6 nitrogen and oxygen atoms in total. The van der Waals surface area contributed by atoms with Crippen molar-refractivity contribution in [1.82, 2.24) is 9.97 Å². The van der Waals surface area contributed by atoms with Gasteiger partial charge in [-0.2, -0.15) is 0 Å². The van der Waals surface area contributed by atoms with Crippen LogP contribution in [0.5, 0.6) is 5.75 Å². The van der Waals surface area contributed by atoms with Crippen LogP contribution in [0.3, 0.4) is 0 Å². The van der Waals surface area contributed by atoms with E-state index >= 15 is 0 Å². The molecule has 1 heterocycles. The number of nitrogens with one attached hydrogen (secondary N) is 1. The normalized spacial score (nSPS) is 10.3. The summed E-state index contributed by atoms with van der Waals surface area (Å²) in [4.78, 5) is 22.5. The van der Waals surface area contributed by atoms with Crippen molar-refractivity contribution in [3.8, 4) is 5.75 Å². The minimum Gasteiger partial charge on any atom is -0.497 e. The molecule has 2 aromatic carbocycles. The maximum absolute atomic E-state index is 12.6. The van der Waals surface area contributed by atoms with Crippen molar-refractivity contribution in [2.24, 2.45) is 0 Å². The quantitative estimate of drug-likeness (QED) is 0.698. The van der Waals surface area contributed by atoms with Gasteiger partial charge >= 0.3 is 0 Å². The summed E-state index contributed by atoms with van der Waals surface area (Å²) in [5.41, 5.74) is 2.36. The van der Waals surface area contributed by atoms with Gasteiger partial charge in [0.05, 0.1) is 7.11 Å². The summed E-state index contributed by atoms with van der Waals surface area (Å²) < 4.78 is 5.16. The maximum atomic E-state index is 12.6. The fourth-order valence-electron chi connectivity index (χ4n) is 2.64. The van der Waals surface area contributed by atoms with Crippen LogP contribution < -0.4 is 15.0 Å². The van der Waals surface area contributed by atoms with E-state index in [9.17, 15) is 4.79 Å². The molecule has 1 aromatic heterocycles. The highest BCUT2D eigenvalue weighted by Gasteiger charge is 2.15. The molecule has 0 aliphatic rings. The standard InChI is InChI=1S/C21H22N4O2/c1-25(17-6-4-3-5-7-17)21(26)19-14-20(24-15-23-19)22-13-12-16-8-10-18(27-2)11-9-16/h3-11,14-15H,12-13H2,1-2H3,(H,22,23,24). The summed E-state index contributed by atoms with van der Waals surface area (Å²) >= 11 is 0. The zero-order valence-electron chi connectivity index (χ0n) is 15.4. The lowest BCUT2D eigenvalue weighted by molar-refractivity contribution is 0.0988. The second-order valence-electron chi connectivity index (χ2n) is 6.01. The van der Waals surface area contributed by atoms with Crippen LogP contribution in [0.15, 0.2) is 67.0 Å². The van der Waals surface area contributed by atoms with Gasteiger partial charge in [-0.1, -0.05) is 30.3 Å². The Morgan fingerprint density at radius 2 is 1.81 bits per heavy atom. The first-order chi connectivity index (χ1) is 13.2. The fourth-order valence-corrected chi connectivity index (χ4v) is 2.64. The van der Waals surface area contributed by atoms with Crippen LogP contribution in [-0.4, -0.2) is 36.6 Å². The van der Waals surface area contributed by atoms with Crippen molar-refractivity contribution in [3.63, 3.8) is 0 Å². The summed E-state index contributed by atoms with van der Waals surface area (Å²) in [6.45, 7) is 0.700. The largest absolute Gasteiger partial charge is 0.497 e. The van der Waals surface area contributed by atoms with Crippen molar-refractivity contribution in [2.75, 3.05) is 30.9 Å². The Hall–Kier alpha value is -3.41. The second kappa shape index (κ2) is 8.80. The molecule has 0 aliphatic carbocycles. The summed E-state index contributed by atoms with van der Waals surface area (Å²) in [5.74, 6) is 1.29. The van der Waals surface area contributed by atoms with Crippen molar-refractivity contribution in [2.45, 2.75) is 6.42 Å². The van der Waals surface area contributed by atoms with E-state index in [0.29, 0.717) is 18.1 Å². The molecule has 0 bridgehead atoms. The Kier molecular flexibility index (Phi) is 5.99. The maximum Gasteiger partial charge on any atom is 0.276 e. The number of methoxy groups -OCH3 is 1. The van der Waals surface area contributed by atoms with Gasteiger partial charge in [0.2, 0.25) is 0 Å². The van der Waals surface area contributed by atoms with Crippen LogP contribution in [0, 0.1) is 0 Å². The lowest BCUT2D eigenvalue weighted by Crippen LogP contribution is -2.27. The van der Waals surface area contributed by atoms with E-state index in [0.717, 1.165) is 17.9 Å². The number of carbonyl (C=O) groups is 1. The Balaban J connectivity index is 1.60. The van der Waals surface area contributed by atoms with Gasteiger partial charge in [-0.25, -0.2) is 9.97 Å². The molecule has 0 atom stereocenters. The zero-order valence-corrected chi connectivity index (χ0v) is 15.4. The predicted molar refractivity (Wildman–Crippen MR) is 106 cm³/mol. The highest BCUT2D eigenvalue weighted by Crippen LogP contribution is 2.15. The van der Waals surface area contributed by atoms with Gasteiger partial charge in [0, 0.05) is 25.3 Å². The van der Waals surface area contributed by atoms with Gasteiger partial charge in [-0.15, -0.1) is 0 Å². The highest BCUT2D eigenvalue weighted by atomic mass is 16.5. The molecule has 0 saturated carbocycles. The molecule has 138 valence electrons. The summed E-state index contributed by atoms with van der Waals surface area (Å²) in [6, 6.07) is 19.1. The average Bonchev–Trinajstić information content (AvgIpc) is 2.74. The molecule has 3 rings (SSSR count). The number of nitrogens with zero attached hydrogens (tertiary/aromatic N) is 3. The SMILES string of the molecule is COc1ccc(CCNc2cc(C(=O)N(C)c3ccccc3)ncn2)cc1. The van der Waals surface area contributed by atoms with Gasteiger partial charge < -0.3 is 15.0 Å². The van der Waals surface area contributed by atoms with Crippen LogP contribution in [0.2, 0.25) is 0 Å². The monoisotopic (exact) mass is 362 g/mol. The molecule has 0 fully saturated rings. The number of aromatic nitrogens is 2. The zero-order chi connectivity index (χ0) is 19.1. The third-order valence-corrected chi connectivity index (χ3v) is 4.21. The van der Waals surface area contributed by atoms with E-state index in [2.05, 4.69) is 15.3 Å². The molecule has 1 amide bonds. The van der Waals surface area contributed by atoms with Crippen LogP contribution in [-0.2, 0) is 6.42 Å². The van der Waals surface area contributed by atoms with Gasteiger partial charge in [-0.05, 0) is 36.2 Å². The van der Waals surface area contributed by atoms with E-state index < -0.39 is 0 Å². The number of hydrogen-bond donors (Lipinski definition) is 1. The van der Waals surface area contributed by atoms with Gasteiger partial charge in [0.15, 0.2) is 0 Å². The van der Waals surface area contributed by atoms with E-state index in [1.54, 1.807) is 25.1 Å². The topological polar surface area (TPSA) is 67.3 Å². The lowest BCUT2D eigenvalue weighted by atomic mass is 10.1. The smallest absolute Gasteiger partial charge is 0.276 e. The number of hydrogen-bond acceptors (Lipinski definition) is 5. The van der Waals surface area contributed by atoms with Crippen molar-refractivity contribution in [1.29, 1.82) is 0 Å². The van der Waals surface area contributed by atoms with Crippen molar-refractivity contribution >= 4 is 17.4 Å². The average molecular weight is 362 g/mol. The number of para-hydroxylation sites is 1. The first-order valence-corrected chi connectivity index (χ1v) is 8.69. The molecular weight excluding hydrogens is 340 g/mol. The van der Waals surface area contributed by atoms with E-state index in [-0.39, 0.29) is 5.91 Å². The molecule has 1 N–H and O–H groups in total. The number of rotatable bonds is 7. The van der Waals surface area contributed by atoms with Crippen LogP contribution >= 0.6 is 0 Å². The Bertz CT molecular complexity index is 882. The number of ether oxygens (including phenoxy) is 1. The van der Waals surface area contributed by atoms with Gasteiger partial charge in [-0.3, -0.25) is 4.79 Å². The number of anilines is 2. The number of amides is 1. The molecule has 0 radical (unpaired) electrons. The predicted octanol–water partition coefficient (Wildman–Crippen LogP) is 3.42. The second-order valence-corrected chi connectivity index (χ2v) is 6.01. The molecule has 3 aromatic rings. The van der Waals surface area contributed by atoms with Crippen LogP contribution in [0.25, 0.3) is 0 Å².